The Hall–Kier alpha value is -1.33. The van der Waals surface area contributed by atoms with Gasteiger partial charge in [-0.05, 0) is 42.9 Å². The molecule has 0 saturated carbocycles. The fraction of sp³-hybridized carbons (Fsp3) is 0.143. The highest BCUT2D eigenvalue weighted by atomic mass is 79.9. The van der Waals surface area contributed by atoms with Crippen molar-refractivity contribution in [1.82, 2.24) is 5.32 Å². The van der Waals surface area contributed by atoms with Gasteiger partial charge in [0.15, 0.2) is 0 Å². The molecule has 0 heterocycles. The normalized spacial score (nSPS) is 12.5. The minimum absolute atomic E-state index is 0.128. The van der Waals surface area contributed by atoms with Crippen LogP contribution in [0.4, 0.5) is 13.2 Å². The molecule has 1 N–H and O–H groups in total. The maximum absolute atomic E-state index is 13.8. The van der Waals surface area contributed by atoms with Gasteiger partial charge >= 0.3 is 0 Å². The van der Waals surface area contributed by atoms with Gasteiger partial charge in [-0.15, -0.1) is 0 Å². The van der Waals surface area contributed by atoms with Crippen LogP contribution in [0.15, 0.2) is 40.9 Å². The third kappa shape index (κ3) is 2.82. The first-order chi connectivity index (χ1) is 9.04. The molecule has 0 saturated heterocycles. The zero-order chi connectivity index (χ0) is 14.0. The molecule has 0 aliphatic carbocycles. The fourth-order valence-corrected chi connectivity index (χ4v) is 2.45. The van der Waals surface area contributed by atoms with Crippen molar-refractivity contribution in [3.05, 3.63) is 69.4 Å². The summed E-state index contributed by atoms with van der Waals surface area (Å²) in [5.74, 6) is -1.80. The minimum Gasteiger partial charge on any atom is -0.309 e. The van der Waals surface area contributed by atoms with Crippen molar-refractivity contribution in [2.45, 2.75) is 6.04 Å². The van der Waals surface area contributed by atoms with Crippen LogP contribution in [0, 0.1) is 17.5 Å². The van der Waals surface area contributed by atoms with E-state index in [1.54, 1.807) is 7.05 Å². The molecule has 2 rings (SSSR count). The van der Waals surface area contributed by atoms with Gasteiger partial charge in [0.25, 0.3) is 0 Å². The molecule has 1 atom stereocenters. The molecule has 0 aliphatic rings. The average molecular weight is 330 g/mol. The summed E-state index contributed by atoms with van der Waals surface area (Å²) in [4.78, 5) is 0. The number of hydrogen-bond donors (Lipinski definition) is 1. The standard InChI is InChI=1S/C14H11BrF3N/c1-19-14(9-7-8(16)5-6-10(9)15)13-11(17)3-2-4-12(13)18/h2-7,14,19H,1H3. The maximum atomic E-state index is 13.8. The molecule has 5 heteroatoms. The van der Waals surface area contributed by atoms with E-state index in [2.05, 4.69) is 21.2 Å². The monoisotopic (exact) mass is 329 g/mol. The van der Waals surface area contributed by atoms with Gasteiger partial charge in [0, 0.05) is 10.0 Å². The Balaban J connectivity index is 2.59. The van der Waals surface area contributed by atoms with E-state index in [1.165, 1.54) is 36.4 Å². The summed E-state index contributed by atoms with van der Waals surface area (Å²) in [5.41, 5.74) is 0.308. The van der Waals surface area contributed by atoms with Gasteiger partial charge in [-0.2, -0.15) is 0 Å². The lowest BCUT2D eigenvalue weighted by Crippen LogP contribution is -2.21. The summed E-state index contributed by atoms with van der Waals surface area (Å²) < 4.78 is 41.5. The first kappa shape index (κ1) is 14.1. The van der Waals surface area contributed by atoms with Crippen molar-refractivity contribution >= 4 is 15.9 Å². The summed E-state index contributed by atoms with van der Waals surface area (Å²) in [5, 5.41) is 2.81. The van der Waals surface area contributed by atoms with Crippen LogP contribution in [0.3, 0.4) is 0 Å². The number of halogens is 4. The second kappa shape index (κ2) is 5.75. The van der Waals surface area contributed by atoms with Crippen molar-refractivity contribution in [2.24, 2.45) is 0 Å². The summed E-state index contributed by atoms with van der Waals surface area (Å²) in [7, 11) is 1.56. The van der Waals surface area contributed by atoms with Gasteiger partial charge in [0.05, 0.1) is 6.04 Å². The minimum atomic E-state index is -0.772. The second-order valence-electron chi connectivity index (χ2n) is 4.02. The predicted molar refractivity (Wildman–Crippen MR) is 71.4 cm³/mol. The Kier molecular flexibility index (Phi) is 4.27. The van der Waals surface area contributed by atoms with Crippen LogP contribution < -0.4 is 5.32 Å². The van der Waals surface area contributed by atoms with Crippen LogP contribution >= 0.6 is 15.9 Å². The van der Waals surface area contributed by atoms with Crippen molar-refractivity contribution in [3.8, 4) is 0 Å². The predicted octanol–water partition coefficient (Wildman–Crippen LogP) is 4.18. The number of hydrogen-bond acceptors (Lipinski definition) is 1. The van der Waals surface area contributed by atoms with Gasteiger partial charge in [-0.3, -0.25) is 0 Å². The second-order valence-corrected chi connectivity index (χ2v) is 4.88. The molecule has 0 aromatic heterocycles. The molecular weight excluding hydrogens is 319 g/mol. The highest BCUT2D eigenvalue weighted by Gasteiger charge is 2.22. The largest absolute Gasteiger partial charge is 0.309 e. The molecule has 0 spiro atoms. The van der Waals surface area contributed by atoms with Crippen LogP contribution in [0.5, 0.6) is 0 Å². The Morgan fingerprint density at radius 1 is 1.05 bits per heavy atom. The molecule has 2 aromatic rings. The van der Waals surface area contributed by atoms with Crippen LogP contribution in [0.25, 0.3) is 0 Å². The maximum Gasteiger partial charge on any atom is 0.131 e. The van der Waals surface area contributed by atoms with E-state index in [9.17, 15) is 13.2 Å². The van der Waals surface area contributed by atoms with Crippen molar-refractivity contribution in [1.29, 1.82) is 0 Å². The summed E-state index contributed by atoms with van der Waals surface area (Å²) in [6.45, 7) is 0. The molecule has 0 aliphatic heterocycles. The lowest BCUT2D eigenvalue weighted by molar-refractivity contribution is 0.519. The van der Waals surface area contributed by atoms with E-state index in [0.29, 0.717) is 10.0 Å². The first-order valence-corrected chi connectivity index (χ1v) is 6.40. The molecular formula is C14H11BrF3N. The zero-order valence-electron chi connectivity index (χ0n) is 10.1. The number of benzene rings is 2. The van der Waals surface area contributed by atoms with Gasteiger partial charge in [0.1, 0.15) is 17.5 Å². The van der Waals surface area contributed by atoms with Gasteiger partial charge < -0.3 is 5.32 Å². The Labute approximate surface area is 117 Å². The van der Waals surface area contributed by atoms with Crippen LogP contribution in [-0.4, -0.2) is 7.05 Å². The summed E-state index contributed by atoms with van der Waals surface area (Å²) in [6, 6.07) is 6.90. The van der Waals surface area contributed by atoms with E-state index >= 15 is 0 Å². The number of rotatable bonds is 3. The highest BCUT2D eigenvalue weighted by molar-refractivity contribution is 9.10. The molecule has 2 aromatic carbocycles. The Morgan fingerprint density at radius 2 is 1.68 bits per heavy atom. The quantitative estimate of drug-likeness (QED) is 0.890. The first-order valence-electron chi connectivity index (χ1n) is 5.60. The van der Waals surface area contributed by atoms with E-state index in [1.807, 2.05) is 0 Å². The van der Waals surface area contributed by atoms with Crippen LogP contribution in [-0.2, 0) is 0 Å². The van der Waals surface area contributed by atoms with Crippen LogP contribution in [0.1, 0.15) is 17.2 Å². The highest BCUT2D eigenvalue weighted by Crippen LogP contribution is 2.31. The summed E-state index contributed by atoms with van der Waals surface area (Å²) >= 11 is 3.27. The Bertz CT molecular complexity index is 581. The van der Waals surface area contributed by atoms with E-state index in [4.69, 9.17) is 0 Å². The smallest absolute Gasteiger partial charge is 0.131 e. The van der Waals surface area contributed by atoms with Crippen molar-refractivity contribution in [3.63, 3.8) is 0 Å². The van der Waals surface area contributed by atoms with E-state index < -0.39 is 23.5 Å². The van der Waals surface area contributed by atoms with Crippen molar-refractivity contribution in [2.75, 3.05) is 7.05 Å². The summed E-state index contributed by atoms with van der Waals surface area (Å²) in [6.07, 6.45) is 0. The molecule has 0 bridgehead atoms. The van der Waals surface area contributed by atoms with E-state index in [0.717, 1.165) is 0 Å². The lowest BCUT2D eigenvalue weighted by atomic mass is 9.97. The Morgan fingerprint density at radius 3 is 2.26 bits per heavy atom. The molecule has 1 nitrogen and oxygen atoms in total. The average Bonchev–Trinajstić information content (AvgIpc) is 2.37. The zero-order valence-corrected chi connectivity index (χ0v) is 11.6. The number of nitrogens with one attached hydrogen (secondary N) is 1. The molecule has 100 valence electrons. The third-order valence-corrected chi connectivity index (χ3v) is 3.57. The molecule has 0 amide bonds. The topological polar surface area (TPSA) is 12.0 Å². The van der Waals surface area contributed by atoms with Crippen molar-refractivity contribution < 1.29 is 13.2 Å². The van der Waals surface area contributed by atoms with Crippen LogP contribution in [0.2, 0.25) is 0 Å². The van der Waals surface area contributed by atoms with E-state index in [-0.39, 0.29) is 5.56 Å². The van der Waals surface area contributed by atoms with Gasteiger partial charge in [-0.25, -0.2) is 13.2 Å². The lowest BCUT2D eigenvalue weighted by Gasteiger charge is -2.20. The van der Waals surface area contributed by atoms with Gasteiger partial charge in [-0.1, -0.05) is 22.0 Å². The molecule has 0 fully saturated rings. The fourth-order valence-electron chi connectivity index (χ4n) is 1.98. The molecule has 19 heavy (non-hydrogen) atoms. The van der Waals surface area contributed by atoms with Gasteiger partial charge in [0.2, 0.25) is 0 Å². The molecule has 0 radical (unpaired) electrons. The SMILES string of the molecule is CNC(c1cc(F)ccc1Br)c1c(F)cccc1F. The molecule has 1 unspecified atom stereocenters. The third-order valence-electron chi connectivity index (χ3n) is 2.85.